The Hall–Kier alpha value is -1.80. The van der Waals surface area contributed by atoms with Gasteiger partial charge in [0.1, 0.15) is 0 Å². The summed E-state index contributed by atoms with van der Waals surface area (Å²) in [6.45, 7) is 2.43. The molecule has 0 unspecified atom stereocenters. The lowest BCUT2D eigenvalue weighted by Crippen LogP contribution is -3.00. The first-order valence-electron chi connectivity index (χ1n) is 14.3. The number of nitrogens with zero attached hydrogens (tertiary/aromatic N) is 1. The molecule has 4 aliphatic rings. The minimum Gasteiger partial charge on any atom is -1.00 e. The molecular weight excluding hydrogens is 558 g/mol. The summed E-state index contributed by atoms with van der Waals surface area (Å²) in [5.41, 5.74) is 1.11. The average Bonchev–Trinajstić information content (AvgIpc) is 3.36. The van der Waals surface area contributed by atoms with Crippen LogP contribution in [-0.2, 0) is 22.9 Å². The number of rotatable bonds is 3. The highest BCUT2D eigenvalue weighted by Gasteiger charge is 2.53. The monoisotopic (exact) mass is 595 g/mol. The Kier molecular flexibility index (Phi) is 9.81. The Labute approximate surface area is 247 Å². The third-order valence-electron chi connectivity index (χ3n) is 9.91. The van der Waals surface area contributed by atoms with Gasteiger partial charge in [-0.25, -0.2) is 0 Å². The Morgan fingerprint density at radius 1 is 0.900 bits per heavy atom. The Bertz CT molecular complexity index is 1160. The van der Waals surface area contributed by atoms with Gasteiger partial charge in [0.2, 0.25) is 5.91 Å². The van der Waals surface area contributed by atoms with Crippen LogP contribution in [-0.4, -0.2) is 43.0 Å². The fourth-order valence-corrected chi connectivity index (χ4v) is 8.03. The molecule has 4 nitrogen and oxygen atoms in total. The van der Waals surface area contributed by atoms with Crippen molar-refractivity contribution >= 4 is 5.91 Å². The van der Waals surface area contributed by atoms with E-state index in [-0.39, 0.29) is 49.2 Å². The Morgan fingerprint density at radius 3 is 2.35 bits per heavy atom. The maximum atomic E-state index is 14.5. The van der Waals surface area contributed by atoms with Gasteiger partial charge in [-0.05, 0) is 60.3 Å². The number of nitrogens with one attached hydrogen (secondary N) is 2. The van der Waals surface area contributed by atoms with E-state index in [1.54, 1.807) is 0 Å². The standard InChI is InChI=1S/C31H38F3N3O.2ClH/c32-31(33,34)26-13-7-12-25-24(26)17-35-19-30(25)20-36-18-27(30)29(38)37-15-14-23(21-8-3-1-4-9-21)16-28(37)22-10-5-2-6-11-22;;/h1,3-4,7-9,12-13,22-23,27-28,35-36H,2,5-6,10-11,14-20H2;2*1H/p-2/t23-,27+,28+,30+;;/m1../s1. The van der Waals surface area contributed by atoms with E-state index in [4.69, 9.17) is 0 Å². The highest BCUT2D eigenvalue weighted by molar-refractivity contribution is 5.82. The molecule has 220 valence electrons. The molecule has 3 aliphatic heterocycles. The quantitative estimate of drug-likeness (QED) is 0.509. The van der Waals surface area contributed by atoms with Gasteiger partial charge in [0.25, 0.3) is 0 Å². The fraction of sp³-hybridized carbons (Fsp3) is 0.581. The van der Waals surface area contributed by atoms with Crippen molar-refractivity contribution in [3.05, 3.63) is 70.8 Å². The number of likely N-dealkylation sites (tertiary alicyclic amines) is 1. The number of benzene rings is 2. The second-order valence-corrected chi connectivity index (χ2v) is 11.9. The molecule has 1 amide bonds. The van der Waals surface area contributed by atoms with Crippen LogP contribution in [0, 0.1) is 11.8 Å². The summed E-state index contributed by atoms with van der Waals surface area (Å²) in [5, 5.41) is 6.68. The van der Waals surface area contributed by atoms with E-state index in [9.17, 15) is 18.0 Å². The summed E-state index contributed by atoms with van der Waals surface area (Å²) < 4.78 is 41.7. The molecule has 2 saturated heterocycles. The SMILES string of the molecule is O=C([C@@H]1CNC[C@]12CNCc1c(C(F)(F)F)cccc12)N1CC[C@@H](c2ccccc2)C[C@H]1C1CCCCC1.[Cl-].[Cl-]. The largest absolute Gasteiger partial charge is 1.00 e. The van der Waals surface area contributed by atoms with Crippen LogP contribution in [0.3, 0.4) is 0 Å². The van der Waals surface area contributed by atoms with Crippen molar-refractivity contribution in [3.63, 3.8) is 0 Å². The van der Waals surface area contributed by atoms with Gasteiger partial charge in [0.05, 0.1) is 11.5 Å². The van der Waals surface area contributed by atoms with Gasteiger partial charge in [-0.3, -0.25) is 4.79 Å². The van der Waals surface area contributed by atoms with E-state index in [0.29, 0.717) is 42.6 Å². The van der Waals surface area contributed by atoms with Crippen LogP contribution in [0.15, 0.2) is 48.5 Å². The van der Waals surface area contributed by atoms with Crippen molar-refractivity contribution in [1.82, 2.24) is 15.5 Å². The lowest BCUT2D eigenvalue weighted by atomic mass is 9.67. The molecule has 0 radical (unpaired) electrons. The average molecular weight is 597 g/mol. The van der Waals surface area contributed by atoms with E-state index < -0.39 is 17.2 Å². The van der Waals surface area contributed by atoms with Gasteiger partial charge in [0.15, 0.2) is 0 Å². The smallest absolute Gasteiger partial charge is 0.416 e. The van der Waals surface area contributed by atoms with Gasteiger partial charge in [0, 0.05) is 44.2 Å². The van der Waals surface area contributed by atoms with Crippen molar-refractivity contribution in [3.8, 4) is 0 Å². The van der Waals surface area contributed by atoms with Crippen LogP contribution < -0.4 is 35.4 Å². The van der Waals surface area contributed by atoms with Gasteiger partial charge < -0.3 is 40.3 Å². The summed E-state index contributed by atoms with van der Waals surface area (Å²) in [6.07, 6.45) is 3.49. The van der Waals surface area contributed by atoms with Crippen molar-refractivity contribution in [2.75, 3.05) is 26.2 Å². The lowest BCUT2D eigenvalue weighted by molar-refractivity contribution is -0.142. The van der Waals surface area contributed by atoms with E-state index in [1.807, 2.05) is 12.1 Å². The van der Waals surface area contributed by atoms with Crippen LogP contribution in [0.2, 0.25) is 0 Å². The van der Waals surface area contributed by atoms with E-state index in [2.05, 4.69) is 39.8 Å². The Balaban J connectivity index is 0.00000185. The Morgan fingerprint density at radius 2 is 1.62 bits per heavy atom. The van der Waals surface area contributed by atoms with Crippen molar-refractivity contribution < 1.29 is 42.8 Å². The highest BCUT2D eigenvalue weighted by atomic mass is 35.5. The van der Waals surface area contributed by atoms with Gasteiger partial charge >= 0.3 is 6.18 Å². The molecule has 3 heterocycles. The third-order valence-corrected chi connectivity index (χ3v) is 9.91. The van der Waals surface area contributed by atoms with Crippen LogP contribution >= 0.6 is 0 Å². The molecule has 1 spiro atoms. The molecule has 4 atom stereocenters. The second-order valence-electron chi connectivity index (χ2n) is 11.9. The predicted molar refractivity (Wildman–Crippen MR) is 142 cm³/mol. The summed E-state index contributed by atoms with van der Waals surface area (Å²) >= 11 is 0. The topological polar surface area (TPSA) is 44.4 Å². The van der Waals surface area contributed by atoms with Crippen LogP contribution in [0.4, 0.5) is 13.2 Å². The van der Waals surface area contributed by atoms with E-state index >= 15 is 0 Å². The number of halogens is 5. The highest BCUT2D eigenvalue weighted by Crippen LogP contribution is 2.46. The van der Waals surface area contributed by atoms with Crippen LogP contribution in [0.1, 0.15) is 73.1 Å². The minimum atomic E-state index is -4.41. The molecule has 2 N–H and O–H groups in total. The minimum absolute atomic E-state index is 0. The van der Waals surface area contributed by atoms with E-state index in [0.717, 1.165) is 32.2 Å². The van der Waals surface area contributed by atoms with Gasteiger partial charge in [-0.15, -0.1) is 0 Å². The molecule has 0 bridgehead atoms. The lowest BCUT2D eigenvalue weighted by Gasteiger charge is -2.48. The number of alkyl halides is 3. The number of amides is 1. The maximum absolute atomic E-state index is 14.5. The fourth-order valence-electron chi connectivity index (χ4n) is 8.03. The summed E-state index contributed by atoms with van der Waals surface area (Å²) in [4.78, 5) is 16.7. The number of hydrogen-bond acceptors (Lipinski definition) is 3. The molecule has 2 aromatic carbocycles. The molecule has 40 heavy (non-hydrogen) atoms. The molecule has 1 saturated carbocycles. The molecular formula is C31H38Cl2F3N3O-2. The molecule has 3 fully saturated rings. The van der Waals surface area contributed by atoms with Crippen molar-refractivity contribution in [2.45, 2.75) is 75.0 Å². The van der Waals surface area contributed by atoms with Crippen molar-refractivity contribution in [2.24, 2.45) is 11.8 Å². The molecule has 6 rings (SSSR count). The molecule has 2 aromatic rings. The van der Waals surface area contributed by atoms with Crippen LogP contribution in [0.5, 0.6) is 0 Å². The zero-order valence-corrected chi connectivity index (χ0v) is 24.2. The number of hydrogen-bond donors (Lipinski definition) is 2. The molecule has 0 aromatic heterocycles. The summed E-state index contributed by atoms with van der Waals surface area (Å²) in [6, 6.07) is 15.4. The predicted octanol–water partition coefficient (Wildman–Crippen LogP) is -0.371. The number of fused-ring (bicyclic) bond motifs is 2. The first-order chi connectivity index (χ1) is 18.4. The third kappa shape index (κ3) is 5.64. The van der Waals surface area contributed by atoms with E-state index in [1.165, 1.54) is 37.0 Å². The number of piperidine rings is 1. The van der Waals surface area contributed by atoms with Gasteiger partial charge in [-0.2, -0.15) is 13.2 Å². The summed E-state index contributed by atoms with van der Waals surface area (Å²) in [7, 11) is 0. The summed E-state index contributed by atoms with van der Waals surface area (Å²) in [5.74, 6) is 0.688. The van der Waals surface area contributed by atoms with Crippen molar-refractivity contribution in [1.29, 1.82) is 0 Å². The second kappa shape index (κ2) is 12.6. The zero-order chi connectivity index (χ0) is 26.3. The number of carbonyl (C=O) groups is 1. The van der Waals surface area contributed by atoms with Crippen LogP contribution in [0.25, 0.3) is 0 Å². The zero-order valence-electron chi connectivity index (χ0n) is 22.7. The number of carbonyl (C=O) groups excluding carboxylic acids is 1. The first kappa shape index (κ1) is 31.1. The molecule has 1 aliphatic carbocycles. The molecule has 9 heteroatoms. The maximum Gasteiger partial charge on any atom is 0.416 e. The first-order valence-corrected chi connectivity index (χ1v) is 14.3. The normalized spacial score (nSPS) is 28.9. The van der Waals surface area contributed by atoms with Gasteiger partial charge in [-0.1, -0.05) is 61.7 Å².